The van der Waals surface area contributed by atoms with E-state index in [0.29, 0.717) is 41.1 Å². The molecule has 2 aromatic carbocycles. The standard InChI is InChI=1S/C29H37NO6/c1-5-20(2)19-34-27(31)22-10-14-25(15-11-22)36-29(33)24-12-16-26(17-13-24)35-28(32)23-8-6-21(7-9-23)18-30(3)4/h10-17,20-21,23H,5-9,18-19H2,1-4H3/t20?,21-,23-. The lowest BCUT2D eigenvalue weighted by molar-refractivity contribution is -0.140. The van der Waals surface area contributed by atoms with E-state index < -0.39 is 11.9 Å². The smallest absolute Gasteiger partial charge is 0.343 e. The SMILES string of the molecule is CCC(C)COC(=O)c1ccc(OC(=O)c2ccc(OC(=O)[C@H]3CC[C@H](CN(C)C)CC3)cc2)cc1. The Morgan fingerprint density at radius 3 is 1.89 bits per heavy atom. The maximum absolute atomic E-state index is 12.6. The van der Waals surface area contributed by atoms with Crippen LogP contribution < -0.4 is 9.47 Å². The Morgan fingerprint density at radius 2 is 1.36 bits per heavy atom. The van der Waals surface area contributed by atoms with Gasteiger partial charge in [0, 0.05) is 6.54 Å². The second-order valence-corrected chi connectivity index (χ2v) is 9.95. The predicted octanol–water partition coefficient (Wildman–Crippen LogP) is 5.38. The van der Waals surface area contributed by atoms with Gasteiger partial charge in [-0.25, -0.2) is 9.59 Å². The van der Waals surface area contributed by atoms with E-state index in [1.54, 1.807) is 48.5 Å². The monoisotopic (exact) mass is 495 g/mol. The molecule has 1 unspecified atom stereocenters. The minimum Gasteiger partial charge on any atom is -0.462 e. The highest BCUT2D eigenvalue weighted by molar-refractivity contribution is 5.92. The molecule has 1 atom stereocenters. The van der Waals surface area contributed by atoms with E-state index in [-0.39, 0.29) is 11.9 Å². The molecule has 1 fully saturated rings. The minimum atomic E-state index is -0.542. The molecule has 1 aliphatic carbocycles. The van der Waals surface area contributed by atoms with Crippen molar-refractivity contribution in [3.8, 4) is 11.5 Å². The Labute approximate surface area is 213 Å². The number of hydrogen-bond donors (Lipinski definition) is 0. The maximum atomic E-state index is 12.6. The molecular weight excluding hydrogens is 458 g/mol. The largest absolute Gasteiger partial charge is 0.462 e. The lowest BCUT2D eigenvalue weighted by atomic mass is 9.82. The Morgan fingerprint density at radius 1 is 0.833 bits per heavy atom. The zero-order valence-electron chi connectivity index (χ0n) is 21.7. The molecule has 0 aromatic heterocycles. The summed E-state index contributed by atoms with van der Waals surface area (Å²) in [6.45, 7) is 5.48. The van der Waals surface area contributed by atoms with E-state index in [0.717, 1.165) is 38.6 Å². The van der Waals surface area contributed by atoms with Gasteiger partial charge in [0.15, 0.2) is 0 Å². The van der Waals surface area contributed by atoms with Gasteiger partial charge in [-0.15, -0.1) is 0 Å². The van der Waals surface area contributed by atoms with Crippen LogP contribution in [0.25, 0.3) is 0 Å². The molecule has 0 bridgehead atoms. The van der Waals surface area contributed by atoms with Crippen LogP contribution in [0.5, 0.6) is 11.5 Å². The minimum absolute atomic E-state index is 0.0802. The van der Waals surface area contributed by atoms with Crippen molar-refractivity contribution in [1.29, 1.82) is 0 Å². The summed E-state index contributed by atoms with van der Waals surface area (Å²) in [6.07, 6.45) is 4.68. The summed E-state index contributed by atoms with van der Waals surface area (Å²) < 4.78 is 16.2. The van der Waals surface area contributed by atoms with E-state index in [4.69, 9.17) is 14.2 Å². The summed E-state index contributed by atoms with van der Waals surface area (Å²) in [5.74, 6) is 0.427. The molecule has 1 aliphatic rings. The summed E-state index contributed by atoms with van der Waals surface area (Å²) in [6, 6.07) is 12.6. The molecule has 0 saturated heterocycles. The summed E-state index contributed by atoms with van der Waals surface area (Å²) in [5, 5.41) is 0. The fraction of sp³-hybridized carbons (Fsp3) is 0.483. The molecule has 36 heavy (non-hydrogen) atoms. The topological polar surface area (TPSA) is 82.1 Å². The zero-order chi connectivity index (χ0) is 26.1. The van der Waals surface area contributed by atoms with Crippen LogP contribution in [0.4, 0.5) is 0 Å². The summed E-state index contributed by atoms with van der Waals surface area (Å²) in [7, 11) is 4.15. The molecule has 2 aromatic rings. The van der Waals surface area contributed by atoms with Crippen molar-refractivity contribution >= 4 is 17.9 Å². The van der Waals surface area contributed by atoms with Crippen molar-refractivity contribution in [2.75, 3.05) is 27.2 Å². The fourth-order valence-electron chi connectivity index (χ4n) is 4.20. The summed E-state index contributed by atoms with van der Waals surface area (Å²) >= 11 is 0. The van der Waals surface area contributed by atoms with Crippen LogP contribution in [0.1, 0.15) is 66.7 Å². The molecule has 1 saturated carbocycles. The van der Waals surface area contributed by atoms with Crippen LogP contribution in [0.2, 0.25) is 0 Å². The van der Waals surface area contributed by atoms with Gasteiger partial charge in [0.1, 0.15) is 11.5 Å². The van der Waals surface area contributed by atoms with Gasteiger partial charge >= 0.3 is 17.9 Å². The van der Waals surface area contributed by atoms with E-state index in [1.807, 2.05) is 13.8 Å². The molecule has 0 spiro atoms. The van der Waals surface area contributed by atoms with Crippen LogP contribution in [-0.2, 0) is 9.53 Å². The van der Waals surface area contributed by atoms with Crippen LogP contribution in [-0.4, -0.2) is 50.1 Å². The maximum Gasteiger partial charge on any atom is 0.343 e. The molecule has 0 radical (unpaired) electrons. The first-order valence-electron chi connectivity index (χ1n) is 12.7. The molecule has 0 aliphatic heterocycles. The van der Waals surface area contributed by atoms with Crippen molar-refractivity contribution in [1.82, 2.24) is 4.90 Å². The van der Waals surface area contributed by atoms with Gasteiger partial charge in [0.05, 0.1) is 23.7 Å². The predicted molar refractivity (Wildman–Crippen MR) is 137 cm³/mol. The second kappa shape index (κ2) is 13.2. The van der Waals surface area contributed by atoms with Gasteiger partial charge in [-0.2, -0.15) is 0 Å². The van der Waals surface area contributed by atoms with Crippen molar-refractivity contribution in [3.63, 3.8) is 0 Å². The highest BCUT2D eigenvalue weighted by Gasteiger charge is 2.28. The van der Waals surface area contributed by atoms with E-state index >= 15 is 0 Å². The van der Waals surface area contributed by atoms with Crippen LogP contribution in [0.15, 0.2) is 48.5 Å². The normalized spacial score (nSPS) is 18.4. The van der Waals surface area contributed by atoms with Gasteiger partial charge in [-0.1, -0.05) is 20.3 Å². The van der Waals surface area contributed by atoms with Crippen molar-refractivity contribution < 1.29 is 28.6 Å². The molecular formula is C29H37NO6. The van der Waals surface area contributed by atoms with Gasteiger partial charge in [0.2, 0.25) is 0 Å². The Bertz CT molecular complexity index is 1010. The summed E-state index contributed by atoms with van der Waals surface area (Å²) in [4.78, 5) is 39.4. The average molecular weight is 496 g/mol. The summed E-state index contributed by atoms with van der Waals surface area (Å²) in [5.41, 5.74) is 0.728. The highest BCUT2D eigenvalue weighted by atomic mass is 16.5. The Kier molecular flexibility index (Phi) is 10.1. The number of benzene rings is 2. The lowest BCUT2D eigenvalue weighted by Gasteiger charge is -2.29. The first kappa shape index (κ1) is 27.4. The number of nitrogens with zero attached hydrogens (tertiary/aromatic N) is 1. The quantitative estimate of drug-likeness (QED) is 0.323. The lowest BCUT2D eigenvalue weighted by Crippen LogP contribution is -2.30. The number of hydrogen-bond acceptors (Lipinski definition) is 7. The molecule has 7 nitrogen and oxygen atoms in total. The highest BCUT2D eigenvalue weighted by Crippen LogP contribution is 2.30. The van der Waals surface area contributed by atoms with Crippen LogP contribution >= 0.6 is 0 Å². The molecule has 3 rings (SSSR count). The van der Waals surface area contributed by atoms with E-state index in [9.17, 15) is 14.4 Å². The molecule has 0 N–H and O–H groups in total. The molecule has 194 valence electrons. The average Bonchev–Trinajstić information content (AvgIpc) is 2.88. The Balaban J connectivity index is 1.47. The molecule has 7 heteroatoms. The molecule has 0 heterocycles. The third-order valence-corrected chi connectivity index (χ3v) is 6.61. The van der Waals surface area contributed by atoms with Gasteiger partial charge < -0.3 is 19.1 Å². The van der Waals surface area contributed by atoms with E-state index in [1.165, 1.54) is 0 Å². The van der Waals surface area contributed by atoms with Crippen LogP contribution in [0.3, 0.4) is 0 Å². The molecule has 0 amide bonds. The number of carbonyl (C=O) groups excluding carboxylic acids is 3. The van der Waals surface area contributed by atoms with E-state index in [2.05, 4.69) is 19.0 Å². The number of rotatable bonds is 10. The van der Waals surface area contributed by atoms with Crippen molar-refractivity contribution in [3.05, 3.63) is 59.7 Å². The van der Waals surface area contributed by atoms with Crippen molar-refractivity contribution in [2.45, 2.75) is 46.0 Å². The second-order valence-electron chi connectivity index (χ2n) is 9.95. The third kappa shape index (κ3) is 8.19. The first-order chi connectivity index (χ1) is 17.2. The first-order valence-corrected chi connectivity index (χ1v) is 12.7. The van der Waals surface area contributed by atoms with Gasteiger partial charge in [-0.3, -0.25) is 4.79 Å². The van der Waals surface area contributed by atoms with Crippen molar-refractivity contribution in [2.24, 2.45) is 17.8 Å². The fourth-order valence-corrected chi connectivity index (χ4v) is 4.20. The Hall–Kier alpha value is -3.19. The zero-order valence-corrected chi connectivity index (χ0v) is 21.7. The third-order valence-electron chi connectivity index (χ3n) is 6.61. The number of carbonyl (C=O) groups is 3. The number of ether oxygens (including phenoxy) is 3. The van der Waals surface area contributed by atoms with Gasteiger partial charge in [0.25, 0.3) is 0 Å². The van der Waals surface area contributed by atoms with Gasteiger partial charge in [-0.05, 0) is 100 Å². The number of esters is 3. The van der Waals surface area contributed by atoms with Crippen LogP contribution in [0, 0.1) is 17.8 Å².